The molecular weight excluding hydrogens is 450 g/mol. The van der Waals surface area contributed by atoms with E-state index in [2.05, 4.69) is 16.3 Å². The highest BCUT2D eigenvalue weighted by atomic mass is 35.5. The molecule has 1 aliphatic rings. The van der Waals surface area contributed by atoms with Gasteiger partial charge in [-0.05, 0) is 42.0 Å². The molecular formula is C27H26ClN3O3. The molecule has 1 heterocycles. The van der Waals surface area contributed by atoms with Crippen LogP contribution >= 0.6 is 11.6 Å². The van der Waals surface area contributed by atoms with Gasteiger partial charge >= 0.3 is 0 Å². The Labute approximate surface area is 204 Å². The number of nitrogens with zero attached hydrogens (tertiary/aromatic N) is 2. The first-order valence-corrected chi connectivity index (χ1v) is 11.6. The molecule has 1 amide bonds. The Morgan fingerprint density at radius 1 is 1.09 bits per heavy atom. The number of amides is 1. The van der Waals surface area contributed by atoms with Crippen molar-refractivity contribution in [2.24, 2.45) is 0 Å². The highest BCUT2D eigenvalue weighted by Crippen LogP contribution is 2.24. The van der Waals surface area contributed by atoms with Crippen LogP contribution in [0, 0.1) is 11.3 Å². The van der Waals surface area contributed by atoms with E-state index in [9.17, 15) is 10.1 Å². The number of nitriles is 1. The van der Waals surface area contributed by atoms with E-state index >= 15 is 0 Å². The Kier molecular flexibility index (Phi) is 8.16. The summed E-state index contributed by atoms with van der Waals surface area (Å²) >= 11 is 6.23. The van der Waals surface area contributed by atoms with Crippen LogP contribution in [0.3, 0.4) is 0 Å². The molecule has 3 aromatic carbocycles. The van der Waals surface area contributed by atoms with Crippen molar-refractivity contribution in [3.63, 3.8) is 0 Å². The van der Waals surface area contributed by atoms with Crippen LogP contribution in [-0.2, 0) is 11.3 Å². The SMILES string of the molecule is N#Cc1ccccc1COc1cccc(C(=O)NCC(c2cccc(Cl)c2)N2CCOCC2)c1. The van der Waals surface area contributed by atoms with Gasteiger partial charge in [0, 0.05) is 35.8 Å². The smallest absolute Gasteiger partial charge is 0.251 e. The van der Waals surface area contributed by atoms with Crippen LogP contribution in [-0.4, -0.2) is 43.7 Å². The summed E-state index contributed by atoms with van der Waals surface area (Å²) in [6.07, 6.45) is 0. The topological polar surface area (TPSA) is 74.6 Å². The number of carbonyl (C=O) groups is 1. The zero-order chi connectivity index (χ0) is 23.8. The predicted molar refractivity (Wildman–Crippen MR) is 131 cm³/mol. The summed E-state index contributed by atoms with van der Waals surface area (Å²) < 4.78 is 11.4. The second kappa shape index (κ2) is 11.7. The van der Waals surface area contributed by atoms with Crippen LogP contribution in [0.25, 0.3) is 0 Å². The van der Waals surface area contributed by atoms with Gasteiger partial charge in [0.05, 0.1) is 30.9 Å². The Hall–Kier alpha value is -3.37. The largest absolute Gasteiger partial charge is 0.489 e. The fraction of sp³-hybridized carbons (Fsp3) is 0.259. The predicted octanol–water partition coefficient (Wildman–Crippen LogP) is 4.59. The molecule has 174 valence electrons. The van der Waals surface area contributed by atoms with Crippen molar-refractivity contribution < 1.29 is 14.3 Å². The quantitative estimate of drug-likeness (QED) is 0.515. The first kappa shape index (κ1) is 23.8. The fourth-order valence-electron chi connectivity index (χ4n) is 4.00. The Morgan fingerprint density at radius 2 is 1.88 bits per heavy atom. The van der Waals surface area contributed by atoms with E-state index in [1.165, 1.54) is 0 Å². The summed E-state index contributed by atoms with van der Waals surface area (Å²) in [7, 11) is 0. The van der Waals surface area contributed by atoms with Gasteiger partial charge in [0.25, 0.3) is 5.91 Å². The second-order valence-electron chi connectivity index (χ2n) is 8.01. The van der Waals surface area contributed by atoms with Crippen molar-refractivity contribution in [3.05, 3.63) is 100 Å². The fourth-order valence-corrected chi connectivity index (χ4v) is 4.19. The summed E-state index contributed by atoms with van der Waals surface area (Å²) in [5, 5.41) is 13.0. The number of halogens is 1. The maximum Gasteiger partial charge on any atom is 0.251 e. The van der Waals surface area contributed by atoms with Crippen molar-refractivity contribution in [3.8, 4) is 11.8 Å². The van der Waals surface area contributed by atoms with Crippen LogP contribution in [0.1, 0.15) is 33.1 Å². The van der Waals surface area contributed by atoms with E-state index in [1.54, 1.807) is 30.3 Å². The third-order valence-electron chi connectivity index (χ3n) is 5.80. The summed E-state index contributed by atoms with van der Waals surface area (Å²) in [4.78, 5) is 15.3. The molecule has 1 N–H and O–H groups in total. The number of ether oxygens (including phenoxy) is 2. The maximum atomic E-state index is 13.0. The van der Waals surface area contributed by atoms with Gasteiger partial charge in [0.2, 0.25) is 0 Å². The lowest BCUT2D eigenvalue weighted by Crippen LogP contribution is -2.43. The number of rotatable bonds is 8. The molecule has 0 aliphatic carbocycles. The van der Waals surface area contributed by atoms with Crippen LogP contribution in [0.5, 0.6) is 5.75 Å². The van der Waals surface area contributed by atoms with Crippen molar-refractivity contribution in [2.45, 2.75) is 12.6 Å². The number of hydrogen-bond donors (Lipinski definition) is 1. The molecule has 34 heavy (non-hydrogen) atoms. The first-order chi connectivity index (χ1) is 16.6. The first-order valence-electron chi connectivity index (χ1n) is 11.2. The zero-order valence-corrected chi connectivity index (χ0v) is 19.5. The molecule has 0 spiro atoms. The van der Waals surface area contributed by atoms with Gasteiger partial charge in [0.1, 0.15) is 12.4 Å². The standard InChI is InChI=1S/C27H26ClN3O3/c28-24-9-3-7-20(15-24)26(31-11-13-33-14-12-31)18-30-27(32)21-8-4-10-25(16-21)34-19-23-6-2-1-5-22(23)17-29/h1-10,15-16,26H,11-14,18-19H2,(H,30,32). The van der Waals surface area contributed by atoms with Gasteiger partial charge in [-0.2, -0.15) is 5.26 Å². The van der Waals surface area contributed by atoms with E-state index < -0.39 is 0 Å². The van der Waals surface area contributed by atoms with Crippen LogP contribution in [0.15, 0.2) is 72.8 Å². The summed E-state index contributed by atoms with van der Waals surface area (Å²) in [5.41, 5.74) is 2.95. The molecule has 6 nitrogen and oxygen atoms in total. The van der Waals surface area contributed by atoms with Crippen molar-refractivity contribution in [1.29, 1.82) is 5.26 Å². The summed E-state index contributed by atoms with van der Waals surface area (Å²) in [5.74, 6) is 0.392. The van der Waals surface area contributed by atoms with E-state index in [0.29, 0.717) is 41.7 Å². The Bertz CT molecular complexity index is 1170. The molecule has 0 saturated carbocycles. The molecule has 1 atom stereocenters. The molecule has 0 aromatic heterocycles. The number of nitrogens with one attached hydrogen (secondary N) is 1. The lowest BCUT2D eigenvalue weighted by atomic mass is 10.0. The molecule has 4 rings (SSSR count). The molecule has 1 unspecified atom stereocenters. The van der Waals surface area contributed by atoms with Gasteiger partial charge in [-0.3, -0.25) is 9.69 Å². The molecule has 1 aliphatic heterocycles. The molecule has 1 saturated heterocycles. The highest BCUT2D eigenvalue weighted by molar-refractivity contribution is 6.30. The van der Waals surface area contributed by atoms with Crippen molar-refractivity contribution >= 4 is 17.5 Å². The maximum absolute atomic E-state index is 13.0. The number of morpholine rings is 1. The van der Waals surface area contributed by atoms with Gasteiger partial charge in [-0.25, -0.2) is 0 Å². The lowest BCUT2D eigenvalue weighted by molar-refractivity contribution is 0.0162. The normalized spacial score (nSPS) is 14.7. The molecule has 7 heteroatoms. The van der Waals surface area contributed by atoms with E-state index in [-0.39, 0.29) is 18.6 Å². The molecule has 0 radical (unpaired) electrons. The Balaban J connectivity index is 1.42. The number of hydrogen-bond acceptors (Lipinski definition) is 5. The molecule has 1 fully saturated rings. The zero-order valence-electron chi connectivity index (χ0n) is 18.7. The lowest BCUT2D eigenvalue weighted by Gasteiger charge is -2.35. The minimum atomic E-state index is -0.178. The van der Waals surface area contributed by atoms with Gasteiger partial charge < -0.3 is 14.8 Å². The average molecular weight is 476 g/mol. The van der Waals surface area contributed by atoms with E-state index in [0.717, 1.165) is 24.2 Å². The highest BCUT2D eigenvalue weighted by Gasteiger charge is 2.23. The third-order valence-corrected chi connectivity index (χ3v) is 6.04. The number of benzene rings is 3. The molecule has 3 aromatic rings. The number of carbonyl (C=O) groups excluding carboxylic acids is 1. The van der Waals surface area contributed by atoms with Crippen molar-refractivity contribution in [2.75, 3.05) is 32.8 Å². The third kappa shape index (κ3) is 6.15. The van der Waals surface area contributed by atoms with Gasteiger partial charge in [0.15, 0.2) is 0 Å². The molecule has 0 bridgehead atoms. The summed E-state index contributed by atoms with van der Waals surface area (Å²) in [6, 6.07) is 24.3. The van der Waals surface area contributed by atoms with E-state index in [4.69, 9.17) is 21.1 Å². The average Bonchev–Trinajstić information content (AvgIpc) is 2.88. The Morgan fingerprint density at radius 3 is 2.68 bits per heavy atom. The van der Waals surface area contributed by atoms with Crippen molar-refractivity contribution in [1.82, 2.24) is 10.2 Å². The minimum absolute atomic E-state index is 0.00605. The second-order valence-corrected chi connectivity index (χ2v) is 8.45. The van der Waals surface area contributed by atoms with Crippen LogP contribution in [0.4, 0.5) is 0 Å². The van der Waals surface area contributed by atoms with E-state index in [1.807, 2.05) is 42.5 Å². The van der Waals surface area contributed by atoms with Gasteiger partial charge in [-0.15, -0.1) is 0 Å². The van der Waals surface area contributed by atoms with Gasteiger partial charge in [-0.1, -0.05) is 48.0 Å². The monoisotopic (exact) mass is 475 g/mol. The van der Waals surface area contributed by atoms with Crippen LogP contribution < -0.4 is 10.1 Å². The summed E-state index contributed by atoms with van der Waals surface area (Å²) in [6.45, 7) is 3.61. The minimum Gasteiger partial charge on any atom is -0.489 e. The van der Waals surface area contributed by atoms with Crippen LogP contribution in [0.2, 0.25) is 5.02 Å².